The molecule has 162 valence electrons. The number of rotatable bonds is 5. The smallest absolute Gasteiger partial charge is 0.250 e. The summed E-state index contributed by atoms with van der Waals surface area (Å²) in [6.07, 6.45) is 3.79. The molecule has 2 heterocycles. The summed E-state index contributed by atoms with van der Waals surface area (Å²) in [6.45, 7) is 1.58. The zero-order valence-corrected chi connectivity index (χ0v) is 17.7. The summed E-state index contributed by atoms with van der Waals surface area (Å²) in [5, 5.41) is 2.96. The van der Waals surface area contributed by atoms with Crippen molar-refractivity contribution in [2.45, 2.75) is 38.1 Å². The molecule has 31 heavy (non-hydrogen) atoms. The van der Waals surface area contributed by atoms with Crippen molar-refractivity contribution >= 4 is 23.4 Å². The molecule has 0 bridgehead atoms. The molecule has 2 aliphatic heterocycles. The first-order valence-electron chi connectivity index (χ1n) is 11.1. The van der Waals surface area contributed by atoms with Gasteiger partial charge in [-0.05, 0) is 43.4 Å². The fourth-order valence-corrected chi connectivity index (χ4v) is 4.52. The Bertz CT molecular complexity index is 916. The third-order valence-corrected chi connectivity index (χ3v) is 6.17. The lowest BCUT2D eigenvalue weighted by molar-refractivity contribution is -0.149. The highest BCUT2D eigenvalue weighted by Crippen LogP contribution is 2.29. The van der Waals surface area contributed by atoms with Gasteiger partial charge in [0, 0.05) is 31.7 Å². The monoisotopic (exact) mass is 419 g/mol. The molecule has 6 nitrogen and oxygen atoms in total. The zero-order chi connectivity index (χ0) is 21.6. The molecule has 0 radical (unpaired) electrons. The molecule has 2 fully saturated rings. The number of piperidine rings is 2. The molecule has 6 heteroatoms. The normalized spacial score (nSPS) is 20.3. The first-order valence-corrected chi connectivity index (χ1v) is 11.1. The Morgan fingerprint density at radius 1 is 0.903 bits per heavy atom. The topological polar surface area (TPSA) is 69.7 Å². The number of carbonyl (C=O) groups excluding carboxylic acids is 3. The van der Waals surface area contributed by atoms with Crippen molar-refractivity contribution in [3.8, 4) is 0 Å². The number of likely N-dealkylation sites (tertiary alicyclic amines) is 2. The molecular formula is C25H29N3O3. The summed E-state index contributed by atoms with van der Waals surface area (Å²) in [6, 6.07) is 18.3. The average Bonchev–Trinajstić information content (AvgIpc) is 2.82. The number of amides is 3. The summed E-state index contributed by atoms with van der Waals surface area (Å²) in [5.41, 5.74) is 1.59. The molecule has 0 saturated carbocycles. The highest BCUT2D eigenvalue weighted by Gasteiger charge is 2.37. The summed E-state index contributed by atoms with van der Waals surface area (Å²) in [5.74, 6) is -0.372. The van der Waals surface area contributed by atoms with E-state index in [0.29, 0.717) is 26.1 Å². The molecular weight excluding hydrogens is 390 g/mol. The van der Waals surface area contributed by atoms with Gasteiger partial charge in [0.05, 0.1) is 5.92 Å². The van der Waals surface area contributed by atoms with Crippen LogP contribution in [0, 0.1) is 5.92 Å². The van der Waals surface area contributed by atoms with E-state index in [9.17, 15) is 14.4 Å². The molecule has 2 atom stereocenters. The SMILES string of the molecule is O=C(Nc1ccccc1)C1CCCN(C(=O)C(c2ccccc2)N2CCCCC2=O)C1. The van der Waals surface area contributed by atoms with E-state index in [0.717, 1.165) is 36.9 Å². The van der Waals surface area contributed by atoms with Crippen molar-refractivity contribution in [2.24, 2.45) is 5.92 Å². The van der Waals surface area contributed by atoms with E-state index in [1.165, 1.54) is 0 Å². The lowest BCUT2D eigenvalue weighted by Crippen LogP contribution is -2.50. The number of nitrogens with one attached hydrogen (secondary N) is 1. The zero-order valence-electron chi connectivity index (χ0n) is 17.7. The van der Waals surface area contributed by atoms with Crippen LogP contribution in [0.1, 0.15) is 43.7 Å². The van der Waals surface area contributed by atoms with Gasteiger partial charge in [-0.25, -0.2) is 0 Å². The minimum Gasteiger partial charge on any atom is -0.340 e. The van der Waals surface area contributed by atoms with Crippen molar-refractivity contribution < 1.29 is 14.4 Å². The van der Waals surface area contributed by atoms with Gasteiger partial charge in [-0.15, -0.1) is 0 Å². The van der Waals surface area contributed by atoms with Crippen LogP contribution in [-0.2, 0) is 14.4 Å². The number of hydrogen-bond donors (Lipinski definition) is 1. The van der Waals surface area contributed by atoms with Gasteiger partial charge in [-0.2, -0.15) is 0 Å². The Kier molecular flexibility index (Phi) is 6.65. The van der Waals surface area contributed by atoms with E-state index >= 15 is 0 Å². The first kappa shape index (κ1) is 21.1. The van der Waals surface area contributed by atoms with Crippen LogP contribution < -0.4 is 5.32 Å². The number of carbonyl (C=O) groups is 3. The van der Waals surface area contributed by atoms with Gasteiger partial charge in [0.2, 0.25) is 17.7 Å². The second kappa shape index (κ2) is 9.77. The molecule has 1 N–H and O–H groups in total. The number of nitrogens with zero attached hydrogens (tertiary/aromatic N) is 2. The molecule has 4 rings (SSSR count). The molecule has 2 aliphatic rings. The molecule has 3 amide bonds. The molecule has 2 aromatic rings. The Hall–Kier alpha value is -3.15. The number of anilines is 1. The van der Waals surface area contributed by atoms with E-state index in [4.69, 9.17) is 0 Å². The van der Waals surface area contributed by atoms with E-state index < -0.39 is 6.04 Å². The molecule has 0 spiro atoms. The van der Waals surface area contributed by atoms with Crippen LogP contribution in [0.4, 0.5) is 5.69 Å². The van der Waals surface area contributed by atoms with E-state index in [1.54, 1.807) is 9.80 Å². The van der Waals surface area contributed by atoms with Crippen molar-refractivity contribution in [3.05, 3.63) is 66.2 Å². The standard InChI is InChI=1S/C25H29N3O3/c29-22-15-7-8-17-28(22)23(19-10-3-1-4-11-19)25(31)27-16-9-12-20(18-27)24(30)26-21-13-5-2-6-14-21/h1-6,10-11,13-14,20,23H,7-9,12,15-18H2,(H,26,30). The fourth-order valence-electron chi connectivity index (χ4n) is 4.52. The largest absolute Gasteiger partial charge is 0.340 e. The summed E-state index contributed by atoms with van der Waals surface area (Å²) in [7, 11) is 0. The van der Waals surface area contributed by atoms with Gasteiger partial charge in [-0.3, -0.25) is 14.4 Å². The van der Waals surface area contributed by atoms with Crippen molar-refractivity contribution in [2.75, 3.05) is 25.0 Å². The predicted molar refractivity (Wildman–Crippen MR) is 119 cm³/mol. The maximum absolute atomic E-state index is 13.7. The van der Waals surface area contributed by atoms with Gasteiger partial charge in [-0.1, -0.05) is 48.5 Å². The second-order valence-corrected chi connectivity index (χ2v) is 8.34. The molecule has 2 aromatic carbocycles. The van der Waals surface area contributed by atoms with Crippen molar-refractivity contribution in [1.82, 2.24) is 9.80 Å². The highest BCUT2D eigenvalue weighted by atomic mass is 16.2. The molecule has 2 saturated heterocycles. The number of hydrogen-bond acceptors (Lipinski definition) is 3. The van der Waals surface area contributed by atoms with Crippen molar-refractivity contribution in [3.63, 3.8) is 0 Å². The van der Waals surface area contributed by atoms with Crippen LogP contribution in [0.5, 0.6) is 0 Å². The second-order valence-electron chi connectivity index (χ2n) is 8.34. The van der Waals surface area contributed by atoms with E-state index in [2.05, 4.69) is 5.32 Å². The Balaban J connectivity index is 1.51. The average molecular weight is 420 g/mol. The lowest BCUT2D eigenvalue weighted by atomic mass is 9.94. The van der Waals surface area contributed by atoms with Gasteiger partial charge < -0.3 is 15.1 Å². The lowest BCUT2D eigenvalue weighted by Gasteiger charge is -2.39. The van der Waals surface area contributed by atoms with Crippen molar-refractivity contribution in [1.29, 1.82) is 0 Å². The number of para-hydroxylation sites is 1. The fraction of sp³-hybridized carbons (Fsp3) is 0.400. The highest BCUT2D eigenvalue weighted by molar-refractivity contribution is 5.94. The quantitative estimate of drug-likeness (QED) is 0.805. The van der Waals surface area contributed by atoms with Gasteiger partial charge in [0.1, 0.15) is 6.04 Å². The molecule has 0 aliphatic carbocycles. The van der Waals surface area contributed by atoms with Gasteiger partial charge in [0.25, 0.3) is 0 Å². The third-order valence-electron chi connectivity index (χ3n) is 6.17. The first-order chi connectivity index (χ1) is 15.1. The minimum atomic E-state index is -0.620. The number of benzene rings is 2. The van der Waals surface area contributed by atoms with E-state index in [-0.39, 0.29) is 23.6 Å². The van der Waals surface area contributed by atoms with Crippen LogP contribution in [0.3, 0.4) is 0 Å². The maximum atomic E-state index is 13.7. The van der Waals surface area contributed by atoms with Crippen LogP contribution >= 0.6 is 0 Å². The Morgan fingerprint density at radius 2 is 1.61 bits per heavy atom. The van der Waals surface area contributed by atoms with Crippen LogP contribution in [0.25, 0.3) is 0 Å². The summed E-state index contributed by atoms with van der Waals surface area (Å²) in [4.78, 5) is 42.7. The van der Waals surface area contributed by atoms with Gasteiger partial charge >= 0.3 is 0 Å². The molecule has 2 unspecified atom stereocenters. The minimum absolute atomic E-state index is 0.0313. The third kappa shape index (κ3) is 4.95. The Labute approximate surface area is 183 Å². The maximum Gasteiger partial charge on any atom is 0.250 e. The molecule has 0 aromatic heterocycles. The Morgan fingerprint density at radius 3 is 2.32 bits per heavy atom. The summed E-state index contributed by atoms with van der Waals surface area (Å²) < 4.78 is 0. The predicted octanol–water partition coefficient (Wildman–Crippen LogP) is 3.62. The van der Waals surface area contributed by atoms with E-state index in [1.807, 2.05) is 60.7 Å². The summed E-state index contributed by atoms with van der Waals surface area (Å²) >= 11 is 0. The van der Waals surface area contributed by atoms with Crippen LogP contribution in [-0.4, -0.2) is 47.2 Å². The van der Waals surface area contributed by atoms with Crippen LogP contribution in [0.2, 0.25) is 0 Å². The van der Waals surface area contributed by atoms with Crippen LogP contribution in [0.15, 0.2) is 60.7 Å². The van der Waals surface area contributed by atoms with Gasteiger partial charge in [0.15, 0.2) is 0 Å².